The molecule has 0 aliphatic rings. The topological polar surface area (TPSA) is 71.0 Å². The lowest BCUT2D eigenvalue weighted by Crippen LogP contribution is -2.32. The number of carbonyl (C=O) groups is 1. The minimum Gasteiger partial charge on any atom is -0.353 e. The summed E-state index contributed by atoms with van der Waals surface area (Å²) in [4.78, 5) is 35.2. The third kappa shape index (κ3) is 4.30. The Morgan fingerprint density at radius 3 is 2.68 bits per heavy atom. The summed E-state index contributed by atoms with van der Waals surface area (Å²) in [6.45, 7) is 7.15. The van der Waals surface area contributed by atoms with Gasteiger partial charge in [-0.1, -0.05) is 43.3 Å². The predicted octanol–water partition coefficient (Wildman–Crippen LogP) is 3.98. The van der Waals surface area contributed by atoms with Crippen LogP contribution in [0.15, 0.2) is 46.3 Å². The highest BCUT2D eigenvalue weighted by atomic mass is 32.2. The molecule has 0 saturated heterocycles. The number of benzene rings is 1. The summed E-state index contributed by atoms with van der Waals surface area (Å²) in [6.07, 6.45) is 1.87. The fourth-order valence-corrected chi connectivity index (χ4v) is 4.05. The van der Waals surface area contributed by atoms with Crippen molar-refractivity contribution in [3.05, 3.63) is 52.4 Å². The number of nitrogens with one attached hydrogen (secondary N) is 1. The molecule has 1 aromatic carbocycles. The van der Waals surface area contributed by atoms with E-state index in [0.717, 1.165) is 24.2 Å². The van der Waals surface area contributed by atoms with Gasteiger partial charge in [-0.3, -0.25) is 14.2 Å². The fourth-order valence-electron chi connectivity index (χ4n) is 3.15. The van der Waals surface area contributed by atoms with Gasteiger partial charge in [0.05, 0.1) is 11.3 Å². The van der Waals surface area contributed by atoms with Gasteiger partial charge in [0.2, 0.25) is 5.91 Å². The molecule has 0 saturated carbocycles. The van der Waals surface area contributed by atoms with Crippen LogP contribution in [0.5, 0.6) is 0 Å². The summed E-state index contributed by atoms with van der Waals surface area (Å²) in [5, 5.41) is 0.599. The molecule has 0 spiro atoms. The number of anilines is 1. The highest BCUT2D eigenvalue weighted by Gasteiger charge is 2.18. The van der Waals surface area contributed by atoms with E-state index in [4.69, 9.17) is 0 Å². The summed E-state index contributed by atoms with van der Waals surface area (Å²) in [5.41, 5.74) is 2.89. The lowest BCUT2D eigenvalue weighted by Gasteiger charge is -2.21. The molecule has 3 rings (SSSR count). The Balaban J connectivity index is 1.86. The first-order valence-electron chi connectivity index (χ1n) is 9.63. The monoisotopic (exact) mass is 398 g/mol. The van der Waals surface area contributed by atoms with Crippen LogP contribution in [0.25, 0.3) is 11.0 Å². The number of hydrogen-bond acceptors (Lipinski definition) is 4. The third-order valence-corrected chi connectivity index (χ3v) is 5.54. The van der Waals surface area contributed by atoms with Crippen molar-refractivity contribution in [2.75, 3.05) is 17.2 Å². The maximum absolute atomic E-state index is 12.9. The van der Waals surface area contributed by atoms with Crippen molar-refractivity contribution in [3.63, 3.8) is 0 Å². The van der Waals surface area contributed by atoms with Gasteiger partial charge in [0.15, 0.2) is 5.16 Å². The average molecular weight is 399 g/mol. The van der Waals surface area contributed by atoms with Crippen LogP contribution in [0.2, 0.25) is 0 Å². The Kier molecular flexibility index (Phi) is 6.57. The minimum absolute atomic E-state index is 0.000312. The highest BCUT2D eigenvalue weighted by Crippen LogP contribution is 2.21. The van der Waals surface area contributed by atoms with Gasteiger partial charge in [0, 0.05) is 24.5 Å². The van der Waals surface area contributed by atoms with Crippen molar-refractivity contribution in [2.24, 2.45) is 0 Å². The Morgan fingerprint density at radius 2 is 2.00 bits per heavy atom. The predicted molar refractivity (Wildman–Crippen MR) is 115 cm³/mol. The molecule has 0 bridgehead atoms. The Bertz CT molecular complexity index is 1010. The molecule has 2 heterocycles. The molecule has 0 radical (unpaired) electrons. The van der Waals surface area contributed by atoms with E-state index in [1.807, 2.05) is 50.2 Å². The smallest absolute Gasteiger partial charge is 0.278 e. The van der Waals surface area contributed by atoms with E-state index < -0.39 is 0 Å². The average Bonchev–Trinajstić information content (AvgIpc) is 3.08. The van der Waals surface area contributed by atoms with Crippen LogP contribution in [0.3, 0.4) is 0 Å². The number of hydrogen-bond donors (Lipinski definition) is 1. The Hall–Kier alpha value is -2.54. The number of H-pyrrole nitrogens is 1. The zero-order valence-electron chi connectivity index (χ0n) is 16.6. The van der Waals surface area contributed by atoms with Crippen molar-refractivity contribution in [1.82, 2.24) is 14.5 Å². The largest absolute Gasteiger partial charge is 0.353 e. The van der Waals surface area contributed by atoms with E-state index in [9.17, 15) is 9.59 Å². The van der Waals surface area contributed by atoms with Crippen LogP contribution in [0.1, 0.15) is 32.4 Å². The highest BCUT2D eigenvalue weighted by molar-refractivity contribution is 7.99. The van der Waals surface area contributed by atoms with Crippen LogP contribution in [-0.4, -0.2) is 32.7 Å². The van der Waals surface area contributed by atoms with Gasteiger partial charge in [-0.15, -0.1) is 0 Å². The number of amides is 1. The summed E-state index contributed by atoms with van der Waals surface area (Å²) in [6, 6.07) is 11.5. The van der Waals surface area contributed by atoms with Crippen molar-refractivity contribution < 1.29 is 4.79 Å². The SMILES string of the molecule is CCCCn1c(SCC(=O)N(CC)c2ccccc2)nc2cc(C)[nH]c2c1=O. The molecule has 2 aromatic heterocycles. The number of fused-ring (bicyclic) bond motifs is 1. The van der Waals surface area contributed by atoms with E-state index in [2.05, 4.69) is 16.9 Å². The summed E-state index contributed by atoms with van der Waals surface area (Å²) in [7, 11) is 0. The molecule has 0 fully saturated rings. The van der Waals surface area contributed by atoms with Gasteiger partial charge < -0.3 is 9.88 Å². The summed E-state index contributed by atoms with van der Waals surface area (Å²) < 4.78 is 1.69. The third-order valence-electron chi connectivity index (χ3n) is 4.58. The van der Waals surface area contributed by atoms with E-state index in [-0.39, 0.29) is 17.2 Å². The van der Waals surface area contributed by atoms with Crippen molar-refractivity contribution in [1.29, 1.82) is 0 Å². The van der Waals surface area contributed by atoms with Crippen LogP contribution in [0.4, 0.5) is 5.69 Å². The maximum atomic E-state index is 12.9. The number of unbranched alkanes of at least 4 members (excludes halogenated alkanes) is 1. The number of aryl methyl sites for hydroxylation is 1. The zero-order valence-corrected chi connectivity index (χ0v) is 17.4. The van der Waals surface area contributed by atoms with E-state index in [0.29, 0.717) is 29.3 Å². The molecule has 1 N–H and O–H groups in total. The Morgan fingerprint density at radius 1 is 1.25 bits per heavy atom. The second kappa shape index (κ2) is 9.10. The van der Waals surface area contributed by atoms with Crippen molar-refractivity contribution >= 4 is 34.4 Å². The van der Waals surface area contributed by atoms with Crippen molar-refractivity contribution in [3.8, 4) is 0 Å². The molecule has 3 aromatic rings. The molecule has 0 unspecified atom stereocenters. The molecule has 1 amide bonds. The second-order valence-electron chi connectivity index (χ2n) is 6.68. The van der Waals surface area contributed by atoms with Gasteiger partial charge in [0.25, 0.3) is 5.56 Å². The maximum Gasteiger partial charge on any atom is 0.278 e. The lowest BCUT2D eigenvalue weighted by atomic mass is 10.3. The second-order valence-corrected chi connectivity index (χ2v) is 7.62. The molecule has 6 nitrogen and oxygen atoms in total. The van der Waals surface area contributed by atoms with E-state index in [1.165, 1.54) is 11.8 Å². The van der Waals surface area contributed by atoms with Crippen LogP contribution >= 0.6 is 11.8 Å². The number of rotatable bonds is 8. The van der Waals surface area contributed by atoms with Gasteiger partial charge in [-0.25, -0.2) is 4.98 Å². The zero-order chi connectivity index (χ0) is 20.1. The molecule has 0 atom stereocenters. The van der Waals surface area contributed by atoms with Gasteiger partial charge in [0.1, 0.15) is 5.52 Å². The first-order valence-corrected chi connectivity index (χ1v) is 10.6. The first kappa shape index (κ1) is 20.2. The first-order chi connectivity index (χ1) is 13.5. The summed E-state index contributed by atoms with van der Waals surface area (Å²) in [5.74, 6) is 0.233. The fraction of sp³-hybridized carbons (Fsp3) is 0.381. The molecule has 7 heteroatoms. The lowest BCUT2D eigenvalue weighted by molar-refractivity contribution is -0.116. The molecule has 148 valence electrons. The molecule has 28 heavy (non-hydrogen) atoms. The van der Waals surface area contributed by atoms with E-state index in [1.54, 1.807) is 9.47 Å². The number of carbonyl (C=O) groups excluding carboxylic acids is 1. The number of aromatic nitrogens is 3. The standard InChI is InChI=1S/C21H26N4O2S/c1-4-6-12-25-20(27)19-17(13-15(3)22-19)23-21(25)28-14-18(26)24(5-2)16-10-8-7-9-11-16/h7-11,13,22H,4-6,12,14H2,1-3H3. The van der Waals surface area contributed by atoms with Gasteiger partial charge in [-0.2, -0.15) is 0 Å². The number of thioether (sulfide) groups is 1. The van der Waals surface area contributed by atoms with Gasteiger partial charge in [-0.05, 0) is 38.5 Å². The van der Waals surface area contributed by atoms with E-state index >= 15 is 0 Å². The van der Waals surface area contributed by atoms with Crippen LogP contribution in [-0.2, 0) is 11.3 Å². The summed E-state index contributed by atoms with van der Waals surface area (Å²) >= 11 is 1.33. The molecular formula is C21H26N4O2S. The number of nitrogens with zero attached hydrogens (tertiary/aromatic N) is 3. The number of para-hydroxylation sites is 1. The molecule has 0 aliphatic carbocycles. The quantitative estimate of drug-likeness (QED) is 0.460. The van der Waals surface area contributed by atoms with Crippen LogP contribution in [0, 0.1) is 6.92 Å². The number of aromatic amines is 1. The molecule has 0 aliphatic heterocycles. The van der Waals surface area contributed by atoms with Crippen molar-refractivity contribution in [2.45, 2.75) is 45.3 Å². The van der Waals surface area contributed by atoms with Crippen LogP contribution < -0.4 is 10.5 Å². The normalized spacial score (nSPS) is 11.1. The van der Waals surface area contributed by atoms with Gasteiger partial charge >= 0.3 is 0 Å². The minimum atomic E-state index is -0.0723. The molecular weight excluding hydrogens is 372 g/mol. The Labute approximate surface area is 169 Å².